The van der Waals surface area contributed by atoms with Crippen molar-refractivity contribution in [2.45, 2.75) is 44.1 Å². The molecule has 0 amide bonds. The monoisotopic (exact) mass is 284 g/mol. The number of hydrogen-bond donors (Lipinski definition) is 2. The average Bonchev–Trinajstić information content (AvgIpc) is 3.04. The Hall–Kier alpha value is -1.51. The van der Waals surface area contributed by atoms with Gasteiger partial charge in [-0.1, -0.05) is 0 Å². The zero-order valence-electron chi connectivity index (χ0n) is 11.4. The lowest BCUT2D eigenvalue weighted by Crippen LogP contribution is -2.41. The van der Waals surface area contributed by atoms with Crippen molar-refractivity contribution < 1.29 is 14.8 Å². The molecule has 1 aliphatic rings. The molecule has 20 heavy (non-hydrogen) atoms. The number of aliphatic hydroxyl groups excluding tert-OH is 1. The highest BCUT2D eigenvalue weighted by atomic mass is 16.6. The molecular formula is C12H20N4O4. The van der Waals surface area contributed by atoms with E-state index in [1.807, 2.05) is 0 Å². The Morgan fingerprint density at radius 2 is 2.50 bits per heavy atom. The van der Waals surface area contributed by atoms with Crippen LogP contribution in [0.3, 0.4) is 0 Å². The minimum atomic E-state index is -0.646. The molecule has 2 N–H and O–H groups in total. The Labute approximate surface area is 116 Å². The van der Waals surface area contributed by atoms with Crippen LogP contribution in [0.25, 0.3) is 0 Å². The van der Waals surface area contributed by atoms with Crippen LogP contribution >= 0.6 is 0 Å². The number of nitro groups is 1. The van der Waals surface area contributed by atoms with Gasteiger partial charge in [0.05, 0.1) is 23.7 Å². The molecule has 1 saturated carbocycles. The van der Waals surface area contributed by atoms with E-state index >= 15 is 0 Å². The number of nitrogens with zero attached hydrogens (tertiary/aromatic N) is 3. The molecule has 8 nitrogen and oxygen atoms in total. The van der Waals surface area contributed by atoms with Crippen LogP contribution in [0.4, 0.5) is 5.69 Å². The molecule has 0 radical (unpaired) electrons. The number of methoxy groups -OCH3 is 1. The molecule has 1 heterocycles. The highest BCUT2D eigenvalue weighted by molar-refractivity contribution is 5.20. The fourth-order valence-corrected chi connectivity index (χ4v) is 2.56. The first-order chi connectivity index (χ1) is 9.60. The highest BCUT2D eigenvalue weighted by Gasteiger charge is 2.27. The lowest BCUT2D eigenvalue weighted by atomic mass is 10.2. The molecule has 0 aliphatic heterocycles. The van der Waals surface area contributed by atoms with Crippen molar-refractivity contribution in [2.75, 3.05) is 13.7 Å². The lowest BCUT2D eigenvalue weighted by Gasteiger charge is -2.21. The summed E-state index contributed by atoms with van der Waals surface area (Å²) in [5.74, 6) is 0. The topological polar surface area (TPSA) is 102 Å². The fraction of sp³-hybridized carbons (Fsp3) is 0.750. The second-order valence-corrected chi connectivity index (χ2v) is 5.05. The standard InChI is InChI=1S/C12H20N4O4/c1-20-12-4-2-3-11(12)13-6-10(17)8-15-7-9(5-14-15)16(18)19/h5,7,10-13,17H,2-4,6,8H2,1H3. The second kappa shape index (κ2) is 6.78. The quantitative estimate of drug-likeness (QED) is 0.552. The zero-order chi connectivity index (χ0) is 14.5. The third kappa shape index (κ3) is 3.75. The van der Waals surface area contributed by atoms with Crippen LogP contribution < -0.4 is 5.32 Å². The van der Waals surface area contributed by atoms with E-state index in [1.54, 1.807) is 7.11 Å². The summed E-state index contributed by atoms with van der Waals surface area (Å²) in [4.78, 5) is 10.0. The summed E-state index contributed by atoms with van der Waals surface area (Å²) < 4.78 is 6.75. The number of aromatic nitrogens is 2. The van der Waals surface area contributed by atoms with Gasteiger partial charge in [0, 0.05) is 19.7 Å². The largest absolute Gasteiger partial charge is 0.390 e. The van der Waals surface area contributed by atoms with E-state index in [2.05, 4.69) is 10.4 Å². The molecule has 3 unspecified atom stereocenters. The molecular weight excluding hydrogens is 264 g/mol. The lowest BCUT2D eigenvalue weighted by molar-refractivity contribution is -0.385. The summed E-state index contributed by atoms with van der Waals surface area (Å²) in [7, 11) is 1.70. The first-order valence-electron chi connectivity index (χ1n) is 6.71. The number of hydrogen-bond acceptors (Lipinski definition) is 6. The van der Waals surface area contributed by atoms with Crippen molar-refractivity contribution >= 4 is 5.69 Å². The third-order valence-electron chi connectivity index (χ3n) is 3.60. The Balaban J connectivity index is 1.77. The SMILES string of the molecule is COC1CCCC1NCC(O)Cn1cc([N+](=O)[O-])cn1. The van der Waals surface area contributed by atoms with E-state index in [1.165, 1.54) is 17.1 Å². The van der Waals surface area contributed by atoms with Gasteiger partial charge in [0.15, 0.2) is 0 Å². The van der Waals surface area contributed by atoms with Crippen LogP contribution in [-0.4, -0.2) is 51.7 Å². The Morgan fingerprint density at radius 1 is 1.70 bits per heavy atom. The van der Waals surface area contributed by atoms with Crippen LogP contribution in [0.5, 0.6) is 0 Å². The average molecular weight is 284 g/mol. The molecule has 0 bridgehead atoms. The summed E-state index contributed by atoms with van der Waals surface area (Å²) >= 11 is 0. The number of aliphatic hydroxyl groups is 1. The van der Waals surface area contributed by atoms with Gasteiger partial charge in [0.25, 0.3) is 0 Å². The maximum Gasteiger partial charge on any atom is 0.306 e. The van der Waals surface area contributed by atoms with E-state index in [9.17, 15) is 15.2 Å². The first-order valence-corrected chi connectivity index (χ1v) is 6.71. The van der Waals surface area contributed by atoms with Crippen molar-refractivity contribution in [3.8, 4) is 0 Å². The number of ether oxygens (including phenoxy) is 1. The molecule has 3 atom stereocenters. The van der Waals surface area contributed by atoms with Gasteiger partial charge < -0.3 is 15.2 Å². The second-order valence-electron chi connectivity index (χ2n) is 5.05. The van der Waals surface area contributed by atoms with Crippen LogP contribution in [0, 0.1) is 10.1 Å². The smallest absolute Gasteiger partial charge is 0.306 e. The van der Waals surface area contributed by atoms with Crippen molar-refractivity contribution in [2.24, 2.45) is 0 Å². The van der Waals surface area contributed by atoms with Gasteiger partial charge >= 0.3 is 5.69 Å². The predicted molar refractivity (Wildman–Crippen MR) is 71.3 cm³/mol. The number of nitrogens with one attached hydrogen (secondary N) is 1. The minimum absolute atomic E-state index is 0.0691. The maximum atomic E-state index is 10.5. The van der Waals surface area contributed by atoms with Crippen LogP contribution in [0.15, 0.2) is 12.4 Å². The van der Waals surface area contributed by atoms with Crippen molar-refractivity contribution in [3.05, 3.63) is 22.5 Å². The van der Waals surface area contributed by atoms with E-state index in [0.717, 1.165) is 19.3 Å². The summed E-state index contributed by atoms with van der Waals surface area (Å²) in [5.41, 5.74) is -0.0691. The van der Waals surface area contributed by atoms with Crippen LogP contribution in [0.1, 0.15) is 19.3 Å². The van der Waals surface area contributed by atoms with E-state index in [-0.39, 0.29) is 24.4 Å². The molecule has 1 fully saturated rings. The Morgan fingerprint density at radius 3 is 3.15 bits per heavy atom. The van der Waals surface area contributed by atoms with Gasteiger partial charge in [0.2, 0.25) is 0 Å². The Kier molecular flexibility index (Phi) is 5.05. The van der Waals surface area contributed by atoms with E-state index in [0.29, 0.717) is 6.54 Å². The van der Waals surface area contributed by atoms with Crippen LogP contribution in [0.2, 0.25) is 0 Å². The molecule has 1 aromatic heterocycles. The molecule has 2 rings (SSSR count). The van der Waals surface area contributed by atoms with Gasteiger partial charge in [-0.15, -0.1) is 0 Å². The highest BCUT2D eigenvalue weighted by Crippen LogP contribution is 2.21. The van der Waals surface area contributed by atoms with Gasteiger partial charge in [0.1, 0.15) is 12.4 Å². The van der Waals surface area contributed by atoms with Crippen molar-refractivity contribution in [3.63, 3.8) is 0 Å². The molecule has 8 heteroatoms. The van der Waals surface area contributed by atoms with Gasteiger partial charge in [-0.05, 0) is 19.3 Å². The van der Waals surface area contributed by atoms with E-state index in [4.69, 9.17) is 4.74 Å². The van der Waals surface area contributed by atoms with Gasteiger partial charge in [-0.3, -0.25) is 14.8 Å². The Bertz CT molecular complexity index is 450. The van der Waals surface area contributed by atoms with E-state index < -0.39 is 11.0 Å². The molecule has 112 valence electrons. The third-order valence-corrected chi connectivity index (χ3v) is 3.60. The fourth-order valence-electron chi connectivity index (χ4n) is 2.56. The molecule has 0 aromatic carbocycles. The van der Waals surface area contributed by atoms with Crippen molar-refractivity contribution in [1.29, 1.82) is 0 Å². The molecule has 1 aromatic rings. The number of rotatable bonds is 7. The van der Waals surface area contributed by atoms with Gasteiger partial charge in [-0.25, -0.2) is 0 Å². The zero-order valence-corrected chi connectivity index (χ0v) is 11.4. The van der Waals surface area contributed by atoms with Crippen LogP contribution in [-0.2, 0) is 11.3 Å². The van der Waals surface area contributed by atoms with Gasteiger partial charge in [-0.2, -0.15) is 5.10 Å². The predicted octanol–water partition coefficient (Wildman–Crippen LogP) is 0.309. The minimum Gasteiger partial charge on any atom is -0.390 e. The molecule has 1 aliphatic carbocycles. The normalized spacial score (nSPS) is 23.9. The summed E-state index contributed by atoms with van der Waals surface area (Å²) in [6.07, 6.45) is 5.25. The van der Waals surface area contributed by atoms with Crippen molar-refractivity contribution in [1.82, 2.24) is 15.1 Å². The molecule has 0 spiro atoms. The first kappa shape index (κ1) is 14.9. The summed E-state index contributed by atoms with van der Waals surface area (Å²) in [6, 6.07) is 0.265. The molecule has 0 saturated heterocycles. The summed E-state index contributed by atoms with van der Waals surface area (Å²) in [5, 5.41) is 27.6. The summed E-state index contributed by atoms with van der Waals surface area (Å²) in [6.45, 7) is 0.642. The maximum absolute atomic E-state index is 10.5.